The van der Waals surface area contributed by atoms with Crippen LogP contribution in [-0.2, 0) is 11.2 Å². The summed E-state index contributed by atoms with van der Waals surface area (Å²) in [7, 11) is 0. The zero-order valence-electron chi connectivity index (χ0n) is 13.6. The molecule has 0 radical (unpaired) electrons. The SMILES string of the molecule is Cc1ccc(CC(=O)N2CC3CNCC3C2(C)C)cc1C. The molecule has 3 nitrogen and oxygen atoms in total. The molecule has 3 rings (SSSR count). The Morgan fingerprint density at radius 1 is 1.29 bits per heavy atom. The summed E-state index contributed by atoms with van der Waals surface area (Å²) >= 11 is 0. The number of likely N-dealkylation sites (tertiary alicyclic amines) is 1. The Labute approximate surface area is 127 Å². The Bertz CT molecular complexity index is 564. The van der Waals surface area contributed by atoms with Crippen LogP contribution in [-0.4, -0.2) is 36.0 Å². The van der Waals surface area contributed by atoms with Crippen molar-refractivity contribution in [3.63, 3.8) is 0 Å². The first-order valence-electron chi connectivity index (χ1n) is 7.97. The predicted molar refractivity (Wildman–Crippen MR) is 85.3 cm³/mol. The summed E-state index contributed by atoms with van der Waals surface area (Å²) in [6.45, 7) is 11.7. The van der Waals surface area contributed by atoms with Gasteiger partial charge in [-0.05, 0) is 56.2 Å². The molecule has 21 heavy (non-hydrogen) atoms. The second-order valence-electron chi connectivity index (χ2n) is 7.28. The van der Waals surface area contributed by atoms with Gasteiger partial charge in [0.05, 0.1) is 6.42 Å². The fraction of sp³-hybridized carbons (Fsp3) is 0.611. The molecular weight excluding hydrogens is 260 g/mol. The van der Waals surface area contributed by atoms with Gasteiger partial charge in [-0.2, -0.15) is 0 Å². The third-order valence-corrected chi connectivity index (χ3v) is 5.59. The molecule has 1 aromatic carbocycles. The van der Waals surface area contributed by atoms with Crippen LogP contribution in [0.5, 0.6) is 0 Å². The molecule has 2 atom stereocenters. The topological polar surface area (TPSA) is 32.3 Å². The standard InChI is InChI=1S/C18H26N2O/c1-12-5-6-14(7-13(12)2)8-17(21)20-11-15-9-19-10-16(15)18(20,3)4/h5-7,15-16,19H,8-11H2,1-4H3. The minimum Gasteiger partial charge on any atom is -0.337 e. The molecule has 0 aromatic heterocycles. The molecule has 2 fully saturated rings. The van der Waals surface area contributed by atoms with E-state index < -0.39 is 0 Å². The molecule has 2 unspecified atom stereocenters. The summed E-state index contributed by atoms with van der Waals surface area (Å²) in [6, 6.07) is 6.36. The van der Waals surface area contributed by atoms with Gasteiger partial charge in [-0.25, -0.2) is 0 Å². The number of hydrogen-bond acceptors (Lipinski definition) is 2. The first-order chi connectivity index (χ1) is 9.89. The van der Waals surface area contributed by atoms with E-state index in [2.05, 4.69) is 56.1 Å². The lowest BCUT2D eigenvalue weighted by molar-refractivity contribution is -0.134. The average molecular weight is 286 g/mol. The molecule has 1 N–H and O–H groups in total. The smallest absolute Gasteiger partial charge is 0.227 e. The number of nitrogens with zero attached hydrogens (tertiary/aromatic N) is 1. The van der Waals surface area contributed by atoms with E-state index in [-0.39, 0.29) is 11.4 Å². The molecule has 0 bridgehead atoms. The van der Waals surface area contributed by atoms with Crippen LogP contribution in [0.4, 0.5) is 0 Å². The first-order valence-corrected chi connectivity index (χ1v) is 7.97. The largest absolute Gasteiger partial charge is 0.337 e. The number of aryl methyl sites for hydroxylation is 2. The highest BCUT2D eigenvalue weighted by atomic mass is 16.2. The summed E-state index contributed by atoms with van der Waals surface area (Å²) in [6.07, 6.45) is 0.525. The fourth-order valence-electron chi connectivity index (χ4n) is 4.03. The molecule has 2 aliphatic heterocycles. The van der Waals surface area contributed by atoms with Crippen molar-refractivity contribution in [1.29, 1.82) is 0 Å². The first kappa shape index (κ1) is 14.6. The third kappa shape index (κ3) is 2.48. The molecule has 2 saturated heterocycles. The zero-order chi connectivity index (χ0) is 15.2. The summed E-state index contributed by atoms with van der Waals surface area (Å²) in [5.74, 6) is 1.50. The number of benzene rings is 1. The lowest BCUT2D eigenvalue weighted by atomic mass is 9.84. The van der Waals surface area contributed by atoms with Crippen molar-refractivity contribution in [3.8, 4) is 0 Å². The van der Waals surface area contributed by atoms with Gasteiger partial charge in [-0.3, -0.25) is 4.79 Å². The number of carbonyl (C=O) groups is 1. The van der Waals surface area contributed by atoms with Crippen molar-refractivity contribution in [2.45, 2.75) is 39.7 Å². The second-order valence-corrected chi connectivity index (χ2v) is 7.28. The Morgan fingerprint density at radius 2 is 2.05 bits per heavy atom. The van der Waals surface area contributed by atoms with E-state index in [0.717, 1.165) is 25.2 Å². The van der Waals surface area contributed by atoms with E-state index in [1.54, 1.807) is 0 Å². The predicted octanol–water partition coefficient (Wildman–Crippen LogP) is 2.30. The Kier molecular flexibility index (Phi) is 3.56. The quantitative estimate of drug-likeness (QED) is 0.905. The number of rotatable bonds is 2. The number of nitrogens with one attached hydrogen (secondary N) is 1. The highest BCUT2D eigenvalue weighted by Crippen LogP contribution is 2.40. The van der Waals surface area contributed by atoms with E-state index in [4.69, 9.17) is 0 Å². The lowest BCUT2D eigenvalue weighted by Crippen LogP contribution is -2.48. The number of fused-ring (bicyclic) bond motifs is 1. The molecule has 114 valence electrons. The van der Waals surface area contributed by atoms with Crippen LogP contribution >= 0.6 is 0 Å². The van der Waals surface area contributed by atoms with Crippen molar-refractivity contribution < 1.29 is 4.79 Å². The van der Waals surface area contributed by atoms with Crippen molar-refractivity contribution in [3.05, 3.63) is 34.9 Å². The van der Waals surface area contributed by atoms with Crippen molar-refractivity contribution in [1.82, 2.24) is 10.2 Å². The molecule has 2 heterocycles. The second kappa shape index (κ2) is 5.13. The fourth-order valence-corrected chi connectivity index (χ4v) is 4.03. The molecule has 0 saturated carbocycles. The number of amides is 1. The lowest BCUT2D eigenvalue weighted by Gasteiger charge is -2.35. The van der Waals surface area contributed by atoms with Gasteiger partial charge in [0.2, 0.25) is 5.91 Å². The summed E-state index contributed by atoms with van der Waals surface area (Å²) < 4.78 is 0. The molecule has 1 amide bonds. The molecule has 2 aliphatic rings. The maximum Gasteiger partial charge on any atom is 0.227 e. The van der Waals surface area contributed by atoms with E-state index in [1.807, 2.05) is 0 Å². The van der Waals surface area contributed by atoms with Crippen LogP contribution in [0.2, 0.25) is 0 Å². The van der Waals surface area contributed by atoms with Crippen LogP contribution in [0.3, 0.4) is 0 Å². The zero-order valence-corrected chi connectivity index (χ0v) is 13.6. The molecule has 0 aliphatic carbocycles. The molecular formula is C18H26N2O. The highest BCUT2D eigenvalue weighted by Gasteiger charge is 2.50. The minimum atomic E-state index is -0.0228. The normalized spacial score (nSPS) is 27.0. The van der Waals surface area contributed by atoms with E-state index in [0.29, 0.717) is 18.3 Å². The minimum absolute atomic E-state index is 0.0228. The Balaban J connectivity index is 1.75. The van der Waals surface area contributed by atoms with Gasteiger partial charge in [0.25, 0.3) is 0 Å². The van der Waals surface area contributed by atoms with Crippen LogP contribution in [0.1, 0.15) is 30.5 Å². The monoisotopic (exact) mass is 286 g/mol. The van der Waals surface area contributed by atoms with Crippen molar-refractivity contribution >= 4 is 5.91 Å². The van der Waals surface area contributed by atoms with Crippen LogP contribution < -0.4 is 5.32 Å². The van der Waals surface area contributed by atoms with Crippen LogP contribution in [0.25, 0.3) is 0 Å². The van der Waals surface area contributed by atoms with Gasteiger partial charge in [0.1, 0.15) is 0 Å². The number of hydrogen-bond donors (Lipinski definition) is 1. The van der Waals surface area contributed by atoms with Crippen LogP contribution in [0.15, 0.2) is 18.2 Å². The van der Waals surface area contributed by atoms with E-state index >= 15 is 0 Å². The van der Waals surface area contributed by atoms with Gasteiger partial charge < -0.3 is 10.2 Å². The van der Waals surface area contributed by atoms with Crippen molar-refractivity contribution in [2.24, 2.45) is 11.8 Å². The van der Waals surface area contributed by atoms with Gasteiger partial charge in [0, 0.05) is 25.2 Å². The summed E-state index contributed by atoms with van der Waals surface area (Å²) in [5.41, 5.74) is 3.66. The number of carbonyl (C=O) groups excluding carboxylic acids is 1. The average Bonchev–Trinajstić information content (AvgIpc) is 2.96. The maximum absolute atomic E-state index is 12.8. The van der Waals surface area contributed by atoms with Gasteiger partial charge in [-0.15, -0.1) is 0 Å². The third-order valence-electron chi connectivity index (χ3n) is 5.59. The summed E-state index contributed by atoms with van der Waals surface area (Å²) in [4.78, 5) is 14.9. The Hall–Kier alpha value is -1.35. The molecule has 1 aromatic rings. The van der Waals surface area contributed by atoms with Gasteiger partial charge in [-0.1, -0.05) is 18.2 Å². The molecule has 0 spiro atoms. The van der Waals surface area contributed by atoms with E-state index in [9.17, 15) is 4.79 Å². The maximum atomic E-state index is 12.8. The molecule has 3 heteroatoms. The van der Waals surface area contributed by atoms with Gasteiger partial charge in [0.15, 0.2) is 0 Å². The van der Waals surface area contributed by atoms with Gasteiger partial charge >= 0.3 is 0 Å². The van der Waals surface area contributed by atoms with Crippen LogP contribution in [0, 0.1) is 25.7 Å². The van der Waals surface area contributed by atoms with E-state index in [1.165, 1.54) is 11.1 Å². The Morgan fingerprint density at radius 3 is 2.71 bits per heavy atom. The summed E-state index contributed by atoms with van der Waals surface area (Å²) in [5, 5.41) is 3.46. The highest BCUT2D eigenvalue weighted by molar-refractivity contribution is 5.80. The van der Waals surface area contributed by atoms with Crippen molar-refractivity contribution in [2.75, 3.05) is 19.6 Å².